The van der Waals surface area contributed by atoms with Crippen molar-refractivity contribution in [2.75, 3.05) is 0 Å². The normalized spacial score (nSPS) is 11.1. The topological polar surface area (TPSA) is 60.2 Å². The van der Waals surface area contributed by atoms with E-state index in [9.17, 15) is 4.39 Å². The Balaban J connectivity index is 1.95. The van der Waals surface area contributed by atoms with Crippen molar-refractivity contribution >= 4 is 0 Å². The lowest BCUT2D eigenvalue weighted by molar-refractivity contribution is 0.234. The van der Waals surface area contributed by atoms with Crippen LogP contribution in [0.25, 0.3) is 0 Å². The summed E-state index contributed by atoms with van der Waals surface area (Å²) in [6, 6.07) is 5.25. The zero-order valence-corrected chi connectivity index (χ0v) is 11.8. The maximum Gasteiger partial charge on any atom is 0.264 e. The molecule has 6 heteroatoms. The fraction of sp³-hybridized carbons (Fsp3) is 0.429. The van der Waals surface area contributed by atoms with Gasteiger partial charge in [0.15, 0.2) is 24.0 Å². The molecular weight excluding hydrogens is 261 g/mol. The van der Waals surface area contributed by atoms with Crippen LogP contribution in [0.15, 0.2) is 22.7 Å². The molecule has 1 aromatic carbocycles. The zero-order valence-electron chi connectivity index (χ0n) is 11.8. The van der Waals surface area contributed by atoms with Crippen molar-refractivity contribution in [1.29, 1.82) is 0 Å². The van der Waals surface area contributed by atoms with E-state index < -0.39 is 5.82 Å². The first-order chi connectivity index (χ1) is 9.54. The van der Waals surface area contributed by atoms with Crippen molar-refractivity contribution < 1.29 is 13.7 Å². The number of hydrogen-bond donors (Lipinski definition) is 1. The molecule has 20 heavy (non-hydrogen) atoms. The molecule has 0 fully saturated rings. The number of nitrogens with one attached hydrogen (secondary N) is 1. The molecule has 0 saturated heterocycles. The molecule has 2 aromatic rings. The number of rotatable bonds is 6. The number of aromatic nitrogens is 2. The Bertz CT molecular complexity index is 569. The van der Waals surface area contributed by atoms with Crippen LogP contribution in [0, 0.1) is 12.7 Å². The van der Waals surface area contributed by atoms with Gasteiger partial charge in [-0.15, -0.1) is 0 Å². The number of hydrogen-bond acceptors (Lipinski definition) is 5. The van der Waals surface area contributed by atoms with Gasteiger partial charge in [-0.25, -0.2) is 4.39 Å². The van der Waals surface area contributed by atoms with Gasteiger partial charge in [0.1, 0.15) is 0 Å². The summed E-state index contributed by atoms with van der Waals surface area (Å²) >= 11 is 0. The van der Waals surface area contributed by atoms with Gasteiger partial charge in [0.25, 0.3) is 5.89 Å². The van der Waals surface area contributed by atoms with Crippen LogP contribution in [-0.4, -0.2) is 16.2 Å². The van der Waals surface area contributed by atoms with Crippen molar-refractivity contribution in [3.05, 3.63) is 41.3 Å². The molecule has 1 aromatic heterocycles. The van der Waals surface area contributed by atoms with Gasteiger partial charge in [-0.05, 0) is 24.6 Å². The smallest absolute Gasteiger partial charge is 0.264 e. The van der Waals surface area contributed by atoms with E-state index in [-0.39, 0.29) is 12.4 Å². The van der Waals surface area contributed by atoms with Gasteiger partial charge < -0.3 is 14.6 Å². The molecule has 5 nitrogen and oxygen atoms in total. The van der Waals surface area contributed by atoms with Crippen molar-refractivity contribution in [1.82, 2.24) is 15.5 Å². The summed E-state index contributed by atoms with van der Waals surface area (Å²) < 4.78 is 24.1. The molecule has 0 aliphatic rings. The van der Waals surface area contributed by atoms with E-state index in [1.165, 1.54) is 6.07 Å². The molecule has 0 aliphatic carbocycles. The van der Waals surface area contributed by atoms with Crippen LogP contribution in [0.5, 0.6) is 5.75 Å². The lowest BCUT2D eigenvalue weighted by atomic mass is 10.2. The van der Waals surface area contributed by atoms with E-state index in [2.05, 4.69) is 15.5 Å². The van der Waals surface area contributed by atoms with Crippen LogP contribution in [0.3, 0.4) is 0 Å². The number of benzene rings is 1. The molecule has 1 heterocycles. The molecule has 1 N–H and O–H groups in total. The molecule has 0 radical (unpaired) electrons. The van der Waals surface area contributed by atoms with E-state index in [0.717, 1.165) is 5.56 Å². The van der Waals surface area contributed by atoms with E-state index in [1.54, 1.807) is 13.0 Å². The number of nitrogens with zero attached hydrogens (tertiary/aromatic N) is 2. The second-order valence-corrected chi connectivity index (χ2v) is 4.82. The summed E-state index contributed by atoms with van der Waals surface area (Å²) in [6.45, 7) is 6.48. The molecule has 0 spiro atoms. The largest absolute Gasteiger partial charge is 0.481 e. The molecule has 0 amide bonds. The monoisotopic (exact) mass is 279 g/mol. The predicted molar refractivity (Wildman–Crippen MR) is 71.7 cm³/mol. The van der Waals surface area contributed by atoms with E-state index >= 15 is 0 Å². The predicted octanol–water partition coefficient (Wildman–Crippen LogP) is 2.59. The van der Waals surface area contributed by atoms with Gasteiger partial charge in [-0.2, -0.15) is 4.98 Å². The molecule has 0 saturated carbocycles. The lowest BCUT2D eigenvalue weighted by Crippen LogP contribution is -2.21. The van der Waals surface area contributed by atoms with Crippen LogP contribution in [-0.2, 0) is 13.2 Å². The molecule has 0 unspecified atom stereocenters. The SMILES string of the molecule is Cc1noc(COc2ccc(CNC(C)C)cc2F)n1. The minimum Gasteiger partial charge on any atom is -0.481 e. The van der Waals surface area contributed by atoms with E-state index in [1.807, 2.05) is 19.9 Å². The summed E-state index contributed by atoms with van der Waals surface area (Å²) in [5, 5.41) is 6.87. The van der Waals surface area contributed by atoms with Crippen molar-refractivity contribution in [3.63, 3.8) is 0 Å². The highest BCUT2D eigenvalue weighted by Crippen LogP contribution is 2.19. The lowest BCUT2D eigenvalue weighted by Gasteiger charge is -2.10. The quantitative estimate of drug-likeness (QED) is 0.880. The van der Waals surface area contributed by atoms with Crippen molar-refractivity contribution in [2.24, 2.45) is 0 Å². The summed E-state index contributed by atoms with van der Waals surface area (Å²) in [5.41, 5.74) is 0.872. The number of aryl methyl sites for hydroxylation is 1. The third kappa shape index (κ3) is 4.03. The summed E-state index contributed by atoms with van der Waals surface area (Å²) in [7, 11) is 0. The van der Waals surface area contributed by atoms with Crippen LogP contribution in [0.4, 0.5) is 4.39 Å². The first-order valence-corrected chi connectivity index (χ1v) is 6.48. The van der Waals surface area contributed by atoms with Crippen LogP contribution in [0.1, 0.15) is 31.1 Å². The average Bonchev–Trinajstić information content (AvgIpc) is 2.81. The maximum atomic E-state index is 13.9. The minimum absolute atomic E-state index is 0.0569. The van der Waals surface area contributed by atoms with Gasteiger partial charge in [0.2, 0.25) is 0 Å². The highest BCUT2D eigenvalue weighted by atomic mass is 19.1. The highest BCUT2D eigenvalue weighted by Gasteiger charge is 2.08. The Hall–Kier alpha value is -1.95. The van der Waals surface area contributed by atoms with Gasteiger partial charge in [-0.3, -0.25) is 0 Å². The second-order valence-electron chi connectivity index (χ2n) is 4.82. The molecule has 108 valence electrons. The van der Waals surface area contributed by atoms with Gasteiger partial charge in [0, 0.05) is 12.6 Å². The van der Waals surface area contributed by atoms with Gasteiger partial charge in [-0.1, -0.05) is 25.1 Å². The van der Waals surface area contributed by atoms with Gasteiger partial charge >= 0.3 is 0 Å². The first kappa shape index (κ1) is 14.5. The standard InChI is InChI=1S/C14H18FN3O2/c1-9(2)16-7-11-4-5-13(12(15)6-11)19-8-14-17-10(3)18-20-14/h4-6,9,16H,7-8H2,1-3H3. The molecular formula is C14H18FN3O2. The number of ether oxygens (including phenoxy) is 1. The third-order valence-corrected chi connectivity index (χ3v) is 2.63. The second kappa shape index (κ2) is 6.47. The Morgan fingerprint density at radius 1 is 1.40 bits per heavy atom. The summed E-state index contributed by atoms with van der Waals surface area (Å²) in [6.07, 6.45) is 0. The Morgan fingerprint density at radius 2 is 2.20 bits per heavy atom. The fourth-order valence-corrected chi connectivity index (χ4v) is 1.63. The average molecular weight is 279 g/mol. The fourth-order valence-electron chi connectivity index (χ4n) is 1.63. The Labute approximate surface area is 117 Å². The Kier molecular flexibility index (Phi) is 4.68. The molecule has 0 atom stereocenters. The minimum atomic E-state index is -0.399. The first-order valence-electron chi connectivity index (χ1n) is 6.48. The van der Waals surface area contributed by atoms with Crippen LogP contribution >= 0.6 is 0 Å². The van der Waals surface area contributed by atoms with Gasteiger partial charge in [0.05, 0.1) is 0 Å². The van der Waals surface area contributed by atoms with Crippen LogP contribution < -0.4 is 10.1 Å². The van der Waals surface area contributed by atoms with E-state index in [4.69, 9.17) is 9.26 Å². The van der Waals surface area contributed by atoms with E-state index in [0.29, 0.717) is 24.3 Å². The molecule has 0 bridgehead atoms. The Morgan fingerprint density at radius 3 is 2.80 bits per heavy atom. The molecule has 0 aliphatic heterocycles. The summed E-state index contributed by atoms with van der Waals surface area (Å²) in [5.74, 6) is 0.630. The number of halogens is 1. The maximum absolute atomic E-state index is 13.9. The molecule has 2 rings (SSSR count). The zero-order chi connectivity index (χ0) is 14.5. The summed E-state index contributed by atoms with van der Waals surface area (Å²) in [4.78, 5) is 3.99. The van der Waals surface area contributed by atoms with Crippen LogP contribution in [0.2, 0.25) is 0 Å². The third-order valence-electron chi connectivity index (χ3n) is 2.63. The van der Waals surface area contributed by atoms with Crippen molar-refractivity contribution in [3.8, 4) is 5.75 Å². The van der Waals surface area contributed by atoms with Crippen molar-refractivity contribution in [2.45, 2.75) is 40.0 Å². The highest BCUT2D eigenvalue weighted by molar-refractivity contribution is 5.29.